The molecule has 1 unspecified atom stereocenters. The van der Waals surface area contributed by atoms with E-state index in [0.29, 0.717) is 18.5 Å². The smallest absolute Gasteiger partial charge is 0.319 e. The molecule has 0 saturated carbocycles. The van der Waals surface area contributed by atoms with E-state index in [1.54, 1.807) is 6.20 Å². The van der Waals surface area contributed by atoms with Crippen molar-refractivity contribution in [2.24, 2.45) is 0 Å². The first-order chi connectivity index (χ1) is 8.08. The molecule has 4 N–H and O–H groups in total. The molecule has 0 bridgehead atoms. The Morgan fingerprint density at radius 1 is 1.59 bits per heavy atom. The zero-order chi connectivity index (χ0) is 12.7. The highest BCUT2D eigenvalue weighted by atomic mass is 16.4. The first-order valence-corrected chi connectivity index (χ1v) is 5.36. The molecule has 1 aromatic rings. The number of carbonyl (C=O) groups is 2. The fourth-order valence-electron chi connectivity index (χ4n) is 1.34. The second-order valence-corrected chi connectivity index (χ2v) is 3.77. The Labute approximate surface area is 98.6 Å². The molecule has 0 fully saturated rings. The molecule has 1 rings (SSSR count). The van der Waals surface area contributed by atoms with Gasteiger partial charge in [-0.2, -0.15) is 5.10 Å². The Hall–Kier alpha value is -2.05. The van der Waals surface area contributed by atoms with Crippen LogP contribution in [0.25, 0.3) is 0 Å². The number of H-pyrrole nitrogens is 1. The second kappa shape index (κ2) is 6.51. The maximum atomic E-state index is 11.4. The minimum atomic E-state index is -0.819. The van der Waals surface area contributed by atoms with E-state index in [1.165, 1.54) is 6.20 Å². The molecule has 17 heavy (non-hydrogen) atoms. The van der Waals surface area contributed by atoms with Gasteiger partial charge in [-0.15, -0.1) is 0 Å². The summed E-state index contributed by atoms with van der Waals surface area (Å²) in [7, 11) is 0. The van der Waals surface area contributed by atoms with Gasteiger partial charge in [0.15, 0.2) is 0 Å². The van der Waals surface area contributed by atoms with Gasteiger partial charge in [0.2, 0.25) is 0 Å². The molecular formula is C10H16N4O3. The number of aromatic amines is 1. The molecule has 0 aromatic carbocycles. The lowest BCUT2D eigenvalue weighted by Gasteiger charge is -2.13. The zero-order valence-electron chi connectivity index (χ0n) is 9.56. The highest BCUT2D eigenvalue weighted by Crippen LogP contribution is 2.03. The summed E-state index contributed by atoms with van der Waals surface area (Å²) in [5, 5.41) is 20.0. The van der Waals surface area contributed by atoms with E-state index in [4.69, 9.17) is 5.11 Å². The van der Waals surface area contributed by atoms with Crippen LogP contribution < -0.4 is 10.6 Å². The van der Waals surface area contributed by atoms with Crippen LogP contribution in [0.3, 0.4) is 0 Å². The third-order valence-corrected chi connectivity index (χ3v) is 2.16. The van der Waals surface area contributed by atoms with Gasteiger partial charge in [-0.25, -0.2) is 4.79 Å². The number of hydrogen-bond donors (Lipinski definition) is 4. The molecule has 0 aliphatic rings. The van der Waals surface area contributed by atoms with E-state index in [1.807, 2.05) is 6.92 Å². The Morgan fingerprint density at radius 3 is 2.94 bits per heavy atom. The summed E-state index contributed by atoms with van der Waals surface area (Å²) in [5.74, 6) is -0.819. The van der Waals surface area contributed by atoms with Crippen LogP contribution in [0.5, 0.6) is 0 Å². The number of hydrogen-bond acceptors (Lipinski definition) is 3. The Bertz CT molecular complexity index is 364. The molecule has 0 radical (unpaired) electrons. The minimum Gasteiger partial charge on any atom is -0.481 e. The monoisotopic (exact) mass is 240 g/mol. The van der Waals surface area contributed by atoms with Gasteiger partial charge in [0.05, 0.1) is 11.9 Å². The summed E-state index contributed by atoms with van der Waals surface area (Å²) in [6.45, 7) is 1.83. The quantitative estimate of drug-likeness (QED) is 0.598. The lowest BCUT2D eigenvalue weighted by molar-refractivity contribution is -0.137. The molecule has 7 nitrogen and oxygen atoms in total. The second-order valence-electron chi connectivity index (χ2n) is 3.77. The van der Waals surface area contributed by atoms with Crippen molar-refractivity contribution < 1.29 is 14.7 Å². The van der Waals surface area contributed by atoms with Crippen molar-refractivity contribution in [3.63, 3.8) is 0 Å². The summed E-state index contributed by atoms with van der Waals surface area (Å²) in [6, 6.07) is -0.393. The molecule has 2 amide bonds. The van der Waals surface area contributed by atoms with Gasteiger partial charge in [0.1, 0.15) is 0 Å². The van der Waals surface area contributed by atoms with Crippen LogP contribution in [0, 0.1) is 0 Å². The Morgan fingerprint density at radius 2 is 2.35 bits per heavy atom. The fraction of sp³-hybridized carbons (Fsp3) is 0.500. The first kappa shape index (κ1) is 13.0. The number of amides is 2. The average Bonchev–Trinajstić information content (AvgIpc) is 2.69. The van der Waals surface area contributed by atoms with Crippen LogP contribution in [0.2, 0.25) is 0 Å². The summed E-state index contributed by atoms with van der Waals surface area (Å²) in [4.78, 5) is 21.7. The molecular weight excluding hydrogens is 224 g/mol. The molecule has 0 aliphatic carbocycles. The molecule has 1 atom stereocenters. The fourth-order valence-corrected chi connectivity index (χ4v) is 1.34. The summed E-state index contributed by atoms with van der Waals surface area (Å²) in [5.41, 5.74) is 0.584. The topological polar surface area (TPSA) is 107 Å². The Kier molecular flexibility index (Phi) is 4.99. The van der Waals surface area contributed by atoms with Crippen LogP contribution in [0.1, 0.15) is 26.2 Å². The van der Waals surface area contributed by atoms with Crippen LogP contribution in [0.4, 0.5) is 10.5 Å². The first-order valence-electron chi connectivity index (χ1n) is 5.36. The van der Waals surface area contributed by atoms with Crippen LogP contribution in [-0.2, 0) is 4.79 Å². The van der Waals surface area contributed by atoms with Crippen LogP contribution in [0.15, 0.2) is 12.4 Å². The highest BCUT2D eigenvalue weighted by Gasteiger charge is 2.08. The number of urea groups is 1. The number of aromatic nitrogens is 2. The van der Waals surface area contributed by atoms with Crippen molar-refractivity contribution in [3.05, 3.63) is 12.4 Å². The molecule has 0 saturated heterocycles. The predicted molar refractivity (Wildman–Crippen MR) is 61.7 cm³/mol. The standard InChI is InChI=1S/C10H16N4O3/c1-7(3-2-4-9(15)16)13-10(17)14-8-5-11-12-6-8/h5-7H,2-4H2,1H3,(H,11,12)(H,15,16)(H2,13,14,17). The van der Waals surface area contributed by atoms with E-state index in [-0.39, 0.29) is 18.5 Å². The average molecular weight is 240 g/mol. The number of carbonyl (C=O) groups excluding carboxylic acids is 1. The molecule has 7 heteroatoms. The van der Waals surface area contributed by atoms with Gasteiger partial charge in [0, 0.05) is 18.7 Å². The molecule has 1 aromatic heterocycles. The van der Waals surface area contributed by atoms with Gasteiger partial charge >= 0.3 is 12.0 Å². The van der Waals surface area contributed by atoms with Crippen molar-refractivity contribution >= 4 is 17.7 Å². The Balaban J connectivity index is 2.19. The number of carboxylic acids is 1. The van der Waals surface area contributed by atoms with Crippen LogP contribution >= 0.6 is 0 Å². The van der Waals surface area contributed by atoms with Crippen molar-refractivity contribution in [3.8, 4) is 0 Å². The maximum absolute atomic E-state index is 11.4. The highest BCUT2D eigenvalue weighted by molar-refractivity contribution is 5.89. The van der Waals surface area contributed by atoms with Crippen molar-refractivity contribution in [1.29, 1.82) is 0 Å². The van der Waals surface area contributed by atoms with E-state index in [2.05, 4.69) is 20.8 Å². The number of rotatable bonds is 6. The van der Waals surface area contributed by atoms with Gasteiger partial charge in [-0.3, -0.25) is 9.89 Å². The van der Waals surface area contributed by atoms with Crippen molar-refractivity contribution in [1.82, 2.24) is 15.5 Å². The molecule has 0 aliphatic heterocycles. The van der Waals surface area contributed by atoms with Crippen molar-refractivity contribution in [2.45, 2.75) is 32.2 Å². The number of nitrogens with one attached hydrogen (secondary N) is 3. The van der Waals surface area contributed by atoms with E-state index in [0.717, 1.165) is 0 Å². The largest absolute Gasteiger partial charge is 0.481 e. The summed E-state index contributed by atoms with van der Waals surface area (Å²) < 4.78 is 0. The molecule has 94 valence electrons. The van der Waals surface area contributed by atoms with Gasteiger partial charge in [-0.1, -0.05) is 0 Å². The predicted octanol–water partition coefficient (Wildman–Crippen LogP) is 1.17. The number of nitrogens with zero attached hydrogens (tertiary/aromatic N) is 1. The zero-order valence-corrected chi connectivity index (χ0v) is 9.56. The lowest BCUT2D eigenvalue weighted by atomic mass is 10.1. The lowest BCUT2D eigenvalue weighted by Crippen LogP contribution is -2.36. The normalized spacial score (nSPS) is 11.8. The third kappa shape index (κ3) is 5.55. The third-order valence-electron chi connectivity index (χ3n) is 2.16. The minimum absolute atomic E-state index is 0.0683. The van der Waals surface area contributed by atoms with E-state index in [9.17, 15) is 9.59 Å². The van der Waals surface area contributed by atoms with Crippen molar-refractivity contribution in [2.75, 3.05) is 5.32 Å². The van der Waals surface area contributed by atoms with Gasteiger partial charge in [-0.05, 0) is 19.8 Å². The number of anilines is 1. The summed E-state index contributed by atoms with van der Waals surface area (Å²) >= 11 is 0. The van der Waals surface area contributed by atoms with Gasteiger partial charge in [0.25, 0.3) is 0 Å². The maximum Gasteiger partial charge on any atom is 0.319 e. The van der Waals surface area contributed by atoms with Gasteiger partial charge < -0.3 is 15.7 Å². The SMILES string of the molecule is CC(CCCC(=O)O)NC(=O)Nc1cn[nH]c1. The number of aliphatic carboxylic acids is 1. The summed E-state index contributed by atoms with van der Waals surface area (Å²) in [6.07, 6.45) is 4.35. The molecule has 1 heterocycles. The number of carboxylic acid groups (broad SMARTS) is 1. The van der Waals surface area contributed by atoms with E-state index < -0.39 is 5.97 Å². The van der Waals surface area contributed by atoms with E-state index >= 15 is 0 Å². The van der Waals surface area contributed by atoms with Crippen LogP contribution in [-0.4, -0.2) is 33.3 Å². The molecule has 0 spiro atoms.